The number of hydrogen-bond donors (Lipinski definition) is 1. The number of rotatable bonds is 2. The summed E-state index contributed by atoms with van der Waals surface area (Å²) in [6, 6.07) is 18.0. The molecule has 4 heterocycles. The predicted molar refractivity (Wildman–Crippen MR) is 145 cm³/mol. The summed E-state index contributed by atoms with van der Waals surface area (Å²) in [6.07, 6.45) is 6.82. The Hall–Kier alpha value is -3.71. The van der Waals surface area contributed by atoms with Crippen LogP contribution in [-0.4, -0.2) is 28.7 Å². The van der Waals surface area contributed by atoms with Crippen LogP contribution in [0.3, 0.4) is 0 Å². The van der Waals surface area contributed by atoms with Crippen molar-refractivity contribution in [3.63, 3.8) is 0 Å². The second kappa shape index (κ2) is 8.99. The largest absolute Gasteiger partial charge is 0.486 e. The lowest BCUT2D eigenvalue weighted by Crippen LogP contribution is -2.38. The van der Waals surface area contributed by atoms with Gasteiger partial charge in [0, 0.05) is 28.4 Å². The Bertz CT molecular complexity index is 1500. The number of carbonyl (C=O) groups is 1. The van der Waals surface area contributed by atoms with Crippen molar-refractivity contribution in [2.75, 3.05) is 18.5 Å². The molecule has 188 valence electrons. The van der Waals surface area contributed by atoms with Crippen LogP contribution in [0.4, 0.5) is 10.5 Å². The van der Waals surface area contributed by atoms with Crippen molar-refractivity contribution in [3.8, 4) is 16.5 Å². The van der Waals surface area contributed by atoms with Crippen LogP contribution >= 0.6 is 11.3 Å². The lowest BCUT2D eigenvalue weighted by molar-refractivity contribution is 0.171. The van der Waals surface area contributed by atoms with Crippen LogP contribution in [0.25, 0.3) is 5.00 Å². The molecule has 0 fully saturated rings. The van der Waals surface area contributed by atoms with Gasteiger partial charge in [0.25, 0.3) is 0 Å². The summed E-state index contributed by atoms with van der Waals surface area (Å²) in [5, 5.41) is 4.44. The number of carbonyl (C=O) groups excluding carboxylic acids is 1. The van der Waals surface area contributed by atoms with Crippen molar-refractivity contribution < 1.29 is 14.3 Å². The Morgan fingerprint density at radius 1 is 0.973 bits per heavy atom. The maximum absolute atomic E-state index is 14.1. The summed E-state index contributed by atoms with van der Waals surface area (Å²) in [4.78, 5) is 17.6. The number of aryl methyl sites for hydroxylation is 2. The molecule has 1 aliphatic carbocycles. The van der Waals surface area contributed by atoms with Gasteiger partial charge in [-0.1, -0.05) is 29.8 Å². The second-order valence-corrected chi connectivity index (χ2v) is 11.1. The van der Waals surface area contributed by atoms with E-state index in [1.165, 1.54) is 39.4 Å². The van der Waals surface area contributed by atoms with Crippen molar-refractivity contribution in [3.05, 3.63) is 93.6 Å². The average Bonchev–Trinajstić information content (AvgIpc) is 3.50. The third-order valence-corrected chi connectivity index (χ3v) is 8.92. The summed E-state index contributed by atoms with van der Waals surface area (Å²) < 4.78 is 13.7. The van der Waals surface area contributed by atoms with E-state index in [1.54, 1.807) is 0 Å². The highest BCUT2D eigenvalue weighted by atomic mass is 32.1. The zero-order valence-corrected chi connectivity index (χ0v) is 21.6. The third-order valence-electron chi connectivity index (χ3n) is 7.59. The highest BCUT2D eigenvalue weighted by molar-refractivity contribution is 7.15. The molecule has 0 radical (unpaired) electrons. The molecule has 2 amide bonds. The van der Waals surface area contributed by atoms with E-state index in [0.717, 1.165) is 24.1 Å². The molecule has 2 aromatic carbocycles. The number of nitrogens with one attached hydrogen (secondary N) is 1. The summed E-state index contributed by atoms with van der Waals surface area (Å²) >= 11 is 1.91. The SMILES string of the molecule is Cc1cccc([C@@H]2c3cccn3-c3sc4c(c3CN2C(=O)Nc2ccc3c(c2)OCCO3)CCCC4)c1. The second-order valence-electron chi connectivity index (χ2n) is 10.0. The Morgan fingerprint density at radius 3 is 2.73 bits per heavy atom. The van der Waals surface area contributed by atoms with E-state index in [-0.39, 0.29) is 12.1 Å². The Morgan fingerprint density at radius 2 is 1.84 bits per heavy atom. The molecule has 1 N–H and O–H groups in total. The van der Waals surface area contributed by atoms with Crippen LogP contribution in [0.5, 0.6) is 11.5 Å². The average molecular weight is 512 g/mol. The van der Waals surface area contributed by atoms with Gasteiger partial charge in [0.1, 0.15) is 18.2 Å². The third kappa shape index (κ3) is 3.89. The lowest BCUT2D eigenvalue weighted by Gasteiger charge is -2.32. The van der Waals surface area contributed by atoms with Crippen molar-refractivity contribution >= 4 is 23.1 Å². The highest BCUT2D eigenvalue weighted by Gasteiger charge is 2.36. The first kappa shape index (κ1) is 22.5. The highest BCUT2D eigenvalue weighted by Crippen LogP contribution is 2.44. The number of amides is 2. The number of urea groups is 1. The molecule has 37 heavy (non-hydrogen) atoms. The number of hydrogen-bond acceptors (Lipinski definition) is 4. The van der Waals surface area contributed by atoms with Gasteiger partial charge in [-0.2, -0.15) is 0 Å². The summed E-state index contributed by atoms with van der Waals surface area (Å²) in [5.41, 5.74) is 6.85. The molecule has 0 saturated carbocycles. The number of ether oxygens (including phenoxy) is 2. The molecule has 7 rings (SSSR count). The van der Waals surface area contributed by atoms with Gasteiger partial charge < -0.3 is 24.3 Å². The minimum absolute atomic E-state index is 0.125. The number of anilines is 1. The molecular weight excluding hydrogens is 482 g/mol. The number of nitrogens with zero attached hydrogens (tertiary/aromatic N) is 2. The molecule has 2 aromatic heterocycles. The van der Waals surface area contributed by atoms with Crippen LogP contribution in [0.2, 0.25) is 0 Å². The maximum Gasteiger partial charge on any atom is 0.322 e. The van der Waals surface area contributed by atoms with E-state index >= 15 is 0 Å². The van der Waals surface area contributed by atoms with Gasteiger partial charge in [-0.25, -0.2) is 4.79 Å². The molecule has 0 bridgehead atoms. The summed E-state index contributed by atoms with van der Waals surface area (Å²) in [6.45, 7) is 3.72. The number of thiophene rings is 1. The van der Waals surface area contributed by atoms with Crippen molar-refractivity contribution in [2.24, 2.45) is 0 Å². The first-order chi connectivity index (χ1) is 18.2. The molecule has 2 aliphatic heterocycles. The van der Waals surface area contributed by atoms with Gasteiger partial charge >= 0.3 is 6.03 Å². The van der Waals surface area contributed by atoms with Crippen molar-refractivity contribution in [1.29, 1.82) is 0 Å². The fourth-order valence-corrected chi connectivity index (χ4v) is 7.30. The van der Waals surface area contributed by atoms with Gasteiger partial charge in [0.15, 0.2) is 11.5 Å². The Kier molecular flexibility index (Phi) is 5.47. The number of aromatic nitrogens is 1. The number of benzene rings is 2. The van der Waals surface area contributed by atoms with E-state index in [2.05, 4.69) is 59.4 Å². The molecule has 3 aliphatic rings. The Labute approximate surface area is 220 Å². The standard InChI is InChI=1S/C30H29N3O3S/c1-19-6-4-7-20(16-19)28-24-9-5-13-32(24)29-23(22-8-2-3-10-27(22)37-29)18-33(28)30(34)31-21-11-12-25-26(17-21)36-15-14-35-25/h4-7,9,11-13,16-17,28H,2-3,8,10,14-15,18H2,1H3,(H,31,34)/t28-/m1/s1. The van der Waals surface area contributed by atoms with Crippen LogP contribution in [-0.2, 0) is 19.4 Å². The molecule has 0 unspecified atom stereocenters. The van der Waals surface area contributed by atoms with Gasteiger partial charge in [0.05, 0.1) is 18.3 Å². The molecule has 0 saturated heterocycles. The molecular formula is C30H29N3O3S. The van der Waals surface area contributed by atoms with Crippen LogP contribution in [0, 0.1) is 6.92 Å². The molecule has 4 aromatic rings. The van der Waals surface area contributed by atoms with Gasteiger partial charge in [0.2, 0.25) is 0 Å². The maximum atomic E-state index is 14.1. The predicted octanol–water partition coefficient (Wildman–Crippen LogP) is 6.63. The van der Waals surface area contributed by atoms with Crippen LogP contribution in [0.15, 0.2) is 60.8 Å². The fraction of sp³-hybridized carbons (Fsp3) is 0.300. The summed E-state index contributed by atoms with van der Waals surface area (Å²) in [5.74, 6) is 1.38. The Balaban J connectivity index is 1.33. The van der Waals surface area contributed by atoms with E-state index in [9.17, 15) is 4.79 Å². The molecule has 6 nitrogen and oxygen atoms in total. The molecule has 0 spiro atoms. The van der Waals surface area contributed by atoms with Gasteiger partial charge in [-0.3, -0.25) is 0 Å². The fourth-order valence-electron chi connectivity index (χ4n) is 5.89. The summed E-state index contributed by atoms with van der Waals surface area (Å²) in [7, 11) is 0. The van der Waals surface area contributed by atoms with Gasteiger partial charge in [-0.15, -0.1) is 11.3 Å². The zero-order valence-electron chi connectivity index (χ0n) is 20.8. The first-order valence-corrected chi connectivity index (χ1v) is 13.8. The lowest BCUT2D eigenvalue weighted by atomic mass is 9.95. The number of fused-ring (bicyclic) bond motifs is 6. The topological polar surface area (TPSA) is 55.7 Å². The van der Waals surface area contributed by atoms with Gasteiger partial charge in [-0.05, 0) is 68.0 Å². The zero-order chi connectivity index (χ0) is 24.9. The minimum Gasteiger partial charge on any atom is -0.486 e. The normalized spacial score (nSPS) is 17.9. The van der Waals surface area contributed by atoms with Crippen molar-refractivity contribution in [2.45, 2.75) is 45.2 Å². The first-order valence-electron chi connectivity index (χ1n) is 13.0. The molecule has 1 atom stereocenters. The molecule has 7 heteroatoms. The van der Waals surface area contributed by atoms with Crippen molar-refractivity contribution in [1.82, 2.24) is 9.47 Å². The monoisotopic (exact) mass is 511 g/mol. The van der Waals surface area contributed by atoms with E-state index < -0.39 is 0 Å². The van der Waals surface area contributed by atoms with Crippen LogP contribution in [0.1, 0.15) is 51.7 Å². The minimum atomic E-state index is -0.217. The quantitative estimate of drug-likeness (QED) is 0.328. The van der Waals surface area contributed by atoms with Crippen LogP contribution < -0.4 is 14.8 Å². The smallest absolute Gasteiger partial charge is 0.322 e. The van der Waals surface area contributed by atoms with E-state index in [4.69, 9.17) is 9.47 Å². The van der Waals surface area contributed by atoms with E-state index in [0.29, 0.717) is 36.9 Å². The van der Waals surface area contributed by atoms with E-state index in [1.807, 2.05) is 34.4 Å².